The van der Waals surface area contributed by atoms with E-state index in [2.05, 4.69) is 16.8 Å². The number of piperazine rings is 1. The minimum atomic E-state index is -0.131. The molecule has 1 aliphatic rings. The lowest BCUT2D eigenvalue weighted by Crippen LogP contribution is -2.46. The number of aliphatic hydroxyl groups excluding tert-OH is 1. The highest BCUT2D eigenvalue weighted by Crippen LogP contribution is 2.01. The first kappa shape index (κ1) is 9.96. The Labute approximate surface area is 75.0 Å². The maximum Gasteiger partial charge on any atom is 0.0664 e. The summed E-state index contributed by atoms with van der Waals surface area (Å²) in [5, 5.41) is 9.42. The number of likely N-dealkylation sites (N-methyl/N-ethyl adjacent to an activating group) is 1. The first-order valence-electron chi connectivity index (χ1n) is 4.81. The Morgan fingerprint density at radius 1 is 1.25 bits per heavy atom. The smallest absolute Gasteiger partial charge is 0.0664 e. The van der Waals surface area contributed by atoms with Crippen LogP contribution in [0.2, 0.25) is 0 Å². The molecule has 0 aromatic rings. The van der Waals surface area contributed by atoms with E-state index in [0.717, 1.165) is 39.1 Å². The molecule has 0 aromatic heterocycles. The second kappa shape index (κ2) is 4.80. The van der Waals surface area contributed by atoms with Gasteiger partial charge in [0.25, 0.3) is 0 Å². The first-order valence-corrected chi connectivity index (χ1v) is 4.81. The van der Waals surface area contributed by atoms with Gasteiger partial charge in [-0.3, -0.25) is 4.90 Å². The zero-order valence-electron chi connectivity index (χ0n) is 8.16. The summed E-state index contributed by atoms with van der Waals surface area (Å²) in [6.45, 7) is 7.36. The Kier molecular flexibility index (Phi) is 3.98. The predicted octanol–water partition coefficient (Wildman–Crippen LogP) is 0.00470. The van der Waals surface area contributed by atoms with Crippen molar-refractivity contribution < 1.29 is 5.11 Å². The van der Waals surface area contributed by atoms with E-state index in [1.54, 1.807) is 0 Å². The van der Waals surface area contributed by atoms with E-state index in [1.165, 1.54) is 0 Å². The average molecular weight is 172 g/mol. The number of rotatable bonds is 3. The molecular weight excluding hydrogens is 152 g/mol. The Balaban J connectivity index is 2.17. The number of β-amino-alcohol motifs (C(OH)–C–C–N with tert-alkyl or cyclic N) is 1. The number of nitrogens with zero attached hydrogens (tertiary/aromatic N) is 2. The van der Waals surface area contributed by atoms with Crippen molar-refractivity contribution in [3.05, 3.63) is 0 Å². The second-order valence-corrected chi connectivity index (χ2v) is 3.67. The molecule has 0 aliphatic carbocycles. The highest BCUT2D eigenvalue weighted by atomic mass is 16.3. The van der Waals surface area contributed by atoms with E-state index >= 15 is 0 Å². The third-order valence-corrected chi connectivity index (χ3v) is 2.54. The summed E-state index contributed by atoms with van der Waals surface area (Å²) >= 11 is 0. The van der Waals surface area contributed by atoms with Gasteiger partial charge in [-0.05, 0) is 13.5 Å². The fourth-order valence-corrected chi connectivity index (χ4v) is 1.46. The van der Waals surface area contributed by atoms with Gasteiger partial charge in [0.15, 0.2) is 0 Å². The van der Waals surface area contributed by atoms with Crippen LogP contribution >= 0.6 is 0 Å². The summed E-state index contributed by atoms with van der Waals surface area (Å²) in [6.07, 6.45) is 0.736. The molecule has 1 N–H and O–H groups in total. The standard InChI is InChI=1S/C9H20N2O/c1-3-9(12)8-11-6-4-10(2)5-7-11/h9,12H,3-8H2,1-2H3/t9-/m1/s1. The average Bonchev–Trinajstić information content (AvgIpc) is 2.09. The van der Waals surface area contributed by atoms with Crippen molar-refractivity contribution >= 4 is 0 Å². The van der Waals surface area contributed by atoms with E-state index in [1.807, 2.05) is 6.92 Å². The van der Waals surface area contributed by atoms with E-state index in [0.29, 0.717) is 0 Å². The van der Waals surface area contributed by atoms with Crippen LogP contribution in [0.5, 0.6) is 0 Å². The minimum Gasteiger partial charge on any atom is -0.392 e. The molecule has 1 aliphatic heterocycles. The van der Waals surface area contributed by atoms with Gasteiger partial charge in [0, 0.05) is 32.7 Å². The summed E-state index contributed by atoms with van der Waals surface area (Å²) in [6, 6.07) is 0. The Morgan fingerprint density at radius 3 is 2.33 bits per heavy atom. The second-order valence-electron chi connectivity index (χ2n) is 3.67. The van der Waals surface area contributed by atoms with Gasteiger partial charge in [-0.2, -0.15) is 0 Å². The monoisotopic (exact) mass is 172 g/mol. The largest absolute Gasteiger partial charge is 0.392 e. The third-order valence-electron chi connectivity index (χ3n) is 2.54. The minimum absolute atomic E-state index is 0.131. The fraction of sp³-hybridized carbons (Fsp3) is 1.00. The molecule has 0 spiro atoms. The molecule has 0 radical (unpaired) electrons. The van der Waals surface area contributed by atoms with Crippen LogP contribution in [0, 0.1) is 0 Å². The molecule has 12 heavy (non-hydrogen) atoms. The van der Waals surface area contributed by atoms with Crippen molar-refractivity contribution in [3.63, 3.8) is 0 Å². The first-order chi connectivity index (χ1) is 5.72. The Bertz CT molecular complexity index is 122. The SMILES string of the molecule is CC[C@@H](O)CN1CCN(C)CC1. The van der Waals surface area contributed by atoms with Crippen LogP contribution in [-0.4, -0.2) is 60.8 Å². The Hall–Kier alpha value is -0.120. The lowest BCUT2D eigenvalue weighted by atomic mass is 10.2. The van der Waals surface area contributed by atoms with Crippen LogP contribution < -0.4 is 0 Å². The number of hydrogen-bond donors (Lipinski definition) is 1. The van der Waals surface area contributed by atoms with Gasteiger partial charge < -0.3 is 10.0 Å². The van der Waals surface area contributed by atoms with Crippen LogP contribution in [0.1, 0.15) is 13.3 Å². The molecule has 3 heteroatoms. The lowest BCUT2D eigenvalue weighted by Gasteiger charge is -2.33. The van der Waals surface area contributed by atoms with Crippen molar-refractivity contribution in [2.24, 2.45) is 0 Å². The van der Waals surface area contributed by atoms with Crippen LogP contribution in [0.3, 0.4) is 0 Å². The predicted molar refractivity (Wildman–Crippen MR) is 50.2 cm³/mol. The van der Waals surface area contributed by atoms with Crippen LogP contribution in [0.25, 0.3) is 0 Å². The van der Waals surface area contributed by atoms with Crippen molar-refractivity contribution in [2.45, 2.75) is 19.4 Å². The molecule has 1 fully saturated rings. The highest BCUT2D eigenvalue weighted by molar-refractivity contribution is 4.71. The van der Waals surface area contributed by atoms with E-state index in [-0.39, 0.29) is 6.10 Å². The molecule has 1 atom stereocenters. The summed E-state index contributed by atoms with van der Waals surface area (Å²) in [4.78, 5) is 4.67. The molecule has 1 rings (SSSR count). The fourth-order valence-electron chi connectivity index (χ4n) is 1.46. The van der Waals surface area contributed by atoms with Gasteiger partial charge in [-0.15, -0.1) is 0 Å². The van der Waals surface area contributed by atoms with E-state index in [9.17, 15) is 5.11 Å². The van der Waals surface area contributed by atoms with Gasteiger partial charge in [0.1, 0.15) is 0 Å². The van der Waals surface area contributed by atoms with Crippen molar-refractivity contribution in [1.29, 1.82) is 0 Å². The normalized spacial score (nSPS) is 24.2. The van der Waals surface area contributed by atoms with E-state index < -0.39 is 0 Å². The van der Waals surface area contributed by atoms with Crippen molar-refractivity contribution in [3.8, 4) is 0 Å². The molecule has 3 nitrogen and oxygen atoms in total. The van der Waals surface area contributed by atoms with Crippen LogP contribution in [-0.2, 0) is 0 Å². The maximum absolute atomic E-state index is 9.42. The zero-order chi connectivity index (χ0) is 8.97. The molecule has 1 heterocycles. The topological polar surface area (TPSA) is 26.7 Å². The molecule has 72 valence electrons. The third kappa shape index (κ3) is 3.09. The van der Waals surface area contributed by atoms with Gasteiger partial charge in [0.05, 0.1) is 6.10 Å². The summed E-state index contributed by atoms with van der Waals surface area (Å²) in [5.74, 6) is 0. The molecular formula is C9H20N2O. The zero-order valence-corrected chi connectivity index (χ0v) is 8.16. The molecule has 0 amide bonds. The van der Waals surface area contributed by atoms with Crippen molar-refractivity contribution in [1.82, 2.24) is 9.80 Å². The molecule has 0 saturated carbocycles. The summed E-state index contributed by atoms with van der Waals surface area (Å²) in [5.41, 5.74) is 0. The summed E-state index contributed by atoms with van der Waals surface area (Å²) < 4.78 is 0. The maximum atomic E-state index is 9.42. The van der Waals surface area contributed by atoms with Crippen molar-refractivity contribution in [2.75, 3.05) is 39.8 Å². The molecule has 0 aromatic carbocycles. The van der Waals surface area contributed by atoms with Gasteiger partial charge in [-0.1, -0.05) is 6.92 Å². The molecule has 0 bridgehead atoms. The number of aliphatic hydroxyl groups is 1. The number of hydrogen-bond acceptors (Lipinski definition) is 3. The van der Waals surface area contributed by atoms with Gasteiger partial charge in [-0.25, -0.2) is 0 Å². The highest BCUT2D eigenvalue weighted by Gasteiger charge is 2.15. The van der Waals surface area contributed by atoms with Gasteiger partial charge in [0.2, 0.25) is 0 Å². The molecule has 1 saturated heterocycles. The van der Waals surface area contributed by atoms with Gasteiger partial charge >= 0.3 is 0 Å². The summed E-state index contributed by atoms with van der Waals surface area (Å²) in [7, 11) is 2.15. The lowest BCUT2D eigenvalue weighted by molar-refractivity contribution is 0.0786. The molecule has 0 unspecified atom stereocenters. The quantitative estimate of drug-likeness (QED) is 0.649. The van der Waals surface area contributed by atoms with Crippen LogP contribution in [0.15, 0.2) is 0 Å². The van der Waals surface area contributed by atoms with E-state index in [4.69, 9.17) is 0 Å². The Morgan fingerprint density at radius 2 is 1.83 bits per heavy atom. The van der Waals surface area contributed by atoms with Crippen LogP contribution in [0.4, 0.5) is 0 Å².